The second-order valence-corrected chi connectivity index (χ2v) is 7.94. The van der Waals surface area contributed by atoms with E-state index >= 15 is 0 Å². The van der Waals surface area contributed by atoms with Crippen molar-refractivity contribution >= 4 is 9.84 Å². The summed E-state index contributed by atoms with van der Waals surface area (Å²) < 4.78 is 22.5. The van der Waals surface area contributed by atoms with Crippen molar-refractivity contribution in [1.29, 1.82) is 0 Å². The number of benzene rings is 1. The molecule has 1 aliphatic rings. The van der Waals surface area contributed by atoms with Crippen LogP contribution in [0.25, 0.3) is 0 Å². The molecule has 1 aliphatic carbocycles. The van der Waals surface area contributed by atoms with Gasteiger partial charge in [-0.2, -0.15) is 0 Å². The zero-order chi connectivity index (χ0) is 13.9. The molecular formula is C15H22O3S. The number of fused-ring (bicyclic) bond motifs is 1. The summed E-state index contributed by atoms with van der Waals surface area (Å²) in [5, 5.41) is 9.87. The van der Waals surface area contributed by atoms with Crippen molar-refractivity contribution in [1.82, 2.24) is 0 Å². The molecule has 0 aromatic heterocycles. The molecule has 1 aromatic carbocycles. The van der Waals surface area contributed by atoms with Gasteiger partial charge in [0.1, 0.15) is 9.84 Å². The van der Waals surface area contributed by atoms with Crippen LogP contribution >= 0.6 is 0 Å². The van der Waals surface area contributed by atoms with Gasteiger partial charge in [-0.1, -0.05) is 24.3 Å². The molecule has 0 heterocycles. The first kappa shape index (κ1) is 14.5. The van der Waals surface area contributed by atoms with E-state index < -0.39 is 9.84 Å². The van der Waals surface area contributed by atoms with Gasteiger partial charge in [-0.25, -0.2) is 8.42 Å². The second kappa shape index (κ2) is 5.63. The minimum Gasteiger partial charge on any atom is -0.395 e. The highest BCUT2D eigenvalue weighted by atomic mass is 32.2. The van der Waals surface area contributed by atoms with Gasteiger partial charge in [0.25, 0.3) is 0 Å². The quantitative estimate of drug-likeness (QED) is 0.899. The van der Waals surface area contributed by atoms with E-state index in [0.29, 0.717) is 6.42 Å². The Morgan fingerprint density at radius 3 is 2.74 bits per heavy atom. The highest BCUT2D eigenvalue weighted by molar-refractivity contribution is 7.90. The van der Waals surface area contributed by atoms with Crippen molar-refractivity contribution in [2.75, 3.05) is 18.6 Å². The molecule has 1 unspecified atom stereocenters. The van der Waals surface area contributed by atoms with Gasteiger partial charge in [0.05, 0.1) is 6.61 Å². The van der Waals surface area contributed by atoms with Crippen LogP contribution in [0.1, 0.15) is 36.8 Å². The predicted octanol–water partition coefficient (Wildman–Crippen LogP) is 2.08. The Hall–Kier alpha value is -0.870. The molecular weight excluding hydrogens is 260 g/mol. The molecule has 3 nitrogen and oxygen atoms in total. The Morgan fingerprint density at radius 2 is 2.05 bits per heavy atom. The third-order valence-electron chi connectivity index (χ3n) is 4.16. The minimum absolute atomic E-state index is 0.105. The topological polar surface area (TPSA) is 54.4 Å². The monoisotopic (exact) mass is 282 g/mol. The van der Waals surface area contributed by atoms with Crippen molar-refractivity contribution in [2.45, 2.75) is 37.5 Å². The SMILES string of the molecule is CS(=O)(=O)CCCC1(CO)CCCc2ccccc21. The number of hydrogen-bond donors (Lipinski definition) is 1. The highest BCUT2D eigenvalue weighted by Gasteiger charge is 2.35. The first-order valence-electron chi connectivity index (χ1n) is 6.84. The molecule has 0 saturated carbocycles. The van der Waals surface area contributed by atoms with Crippen LogP contribution in [0.5, 0.6) is 0 Å². The summed E-state index contributed by atoms with van der Waals surface area (Å²) in [7, 11) is -2.92. The minimum atomic E-state index is -2.92. The molecule has 0 amide bonds. The van der Waals surface area contributed by atoms with E-state index in [2.05, 4.69) is 12.1 Å². The Kier molecular flexibility index (Phi) is 4.31. The summed E-state index contributed by atoms with van der Waals surface area (Å²) in [6.07, 6.45) is 5.71. The molecule has 1 atom stereocenters. The predicted molar refractivity (Wildman–Crippen MR) is 77.1 cm³/mol. The molecule has 19 heavy (non-hydrogen) atoms. The maximum Gasteiger partial charge on any atom is 0.147 e. The zero-order valence-electron chi connectivity index (χ0n) is 11.4. The molecule has 0 radical (unpaired) electrons. The van der Waals surface area contributed by atoms with Crippen LogP contribution in [0, 0.1) is 0 Å². The molecule has 0 bridgehead atoms. The molecule has 1 aromatic rings. The lowest BCUT2D eigenvalue weighted by molar-refractivity contribution is 0.164. The number of sulfone groups is 1. The molecule has 0 fully saturated rings. The van der Waals surface area contributed by atoms with Gasteiger partial charge in [-0.3, -0.25) is 0 Å². The zero-order valence-corrected chi connectivity index (χ0v) is 12.2. The summed E-state index contributed by atoms with van der Waals surface area (Å²) in [4.78, 5) is 0. The van der Waals surface area contributed by atoms with E-state index in [0.717, 1.165) is 25.7 Å². The molecule has 106 valence electrons. The smallest absolute Gasteiger partial charge is 0.147 e. The van der Waals surface area contributed by atoms with E-state index in [1.807, 2.05) is 12.1 Å². The van der Waals surface area contributed by atoms with Crippen molar-refractivity contribution < 1.29 is 13.5 Å². The Morgan fingerprint density at radius 1 is 1.32 bits per heavy atom. The van der Waals surface area contributed by atoms with Gasteiger partial charge in [-0.05, 0) is 43.2 Å². The molecule has 1 N–H and O–H groups in total. The first-order valence-corrected chi connectivity index (χ1v) is 8.90. The average Bonchev–Trinajstić information content (AvgIpc) is 2.37. The highest BCUT2D eigenvalue weighted by Crippen LogP contribution is 2.40. The van der Waals surface area contributed by atoms with Gasteiger partial charge >= 0.3 is 0 Å². The Balaban J connectivity index is 2.19. The fraction of sp³-hybridized carbons (Fsp3) is 0.600. The number of aryl methyl sites for hydroxylation is 1. The molecule has 4 heteroatoms. The van der Waals surface area contributed by atoms with Crippen molar-refractivity contribution in [3.05, 3.63) is 35.4 Å². The van der Waals surface area contributed by atoms with Crippen LogP contribution in [-0.4, -0.2) is 32.1 Å². The third-order valence-corrected chi connectivity index (χ3v) is 5.19. The maximum absolute atomic E-state index is 11.2. The number of rotatable bonds is 5. The van der Waals surface area contributed by atoms with Crippen molar-refractivity contribution in [3.8, 4) is 0 Å². The molecule has 0 aliphatic heterocycles. The Labute approximate surface area is 115 Å². The largest absolute Gasteiger partial charge is 0.395 e. The van der Waals surface area contributed by atoms with Gasteiger partial charge in [0.2, 0.25) is 0 Å². The molecule has 0 saturated heterocycles. The van der Waals surface area contributed by atoms with Gasteiger partial charge in [0.15, 0.2) is 0 Å². The van der Waals surface area contributed by atoms with E-state index in [-0.39, 0.29) is 17.8 Å². The molecule has 0 spiro atoms. The van der Waals surface area contributed by atoms with Crippen LogP contribution < -0.4 is 0 Å². The van der Waals surface area contributed by atoms with Crippen molar-refractivity contribution in [2.24, 2.45) is 0 Å². The summed E-state index contributed by atoms with van der Waals surface area (Å²) >= 11 is 0. The third kappa shape index (κ3) is 3.37. The van der Waals surface area contributed by atoms with Gasteiger partial charge < -0.3 is 5.11 Å². The van der Waals surface area contributed by atoms with E-state index in [9.17, 15) is 13.5 Å². The maximum atomic E-state index is 11.2. The van der Waals surface area contributed by atoms with Gasteiger partial charge in [-0.15, -0.1) is 0 Å². The second-order valence-electron chi connectivity index (χ2n) is 5.68. The fourth-order valence-electron chi connectivity index (χ4n) is 3.18. The van der Waals surface area contributed by atoms with Gasteiger partial charge in [0, 0.05) is 17.4 Å². The summed E-state index contributed by atoms with van der Waals surface area (Å²) in [5.74, 6) is 0.205. The standard InChI is InChI=1S/C15H22O3S/c1-19(17,18)11-5-10-15(12-16)9-4-7-13-6-2-3-8-14(13)15/h2-3,6,8,16H,4-5,7,9-12H2,1H3. The summed E-state index contributed by atoms with van der Waals surface area (Å²) in [6, 6.07) is 8.24. The van der Waals surface area contributed by atoms with Crippen LogP contribution in [0.4, 0.5) is 0 Å². The van der Waals surface area contributed by atoms with E-state index in [1.165, 1.54) is 17.4 Å². The van der Waals surface area contributed by atoms with Crippen LogP contribution in [0.3, 0.4) is 0 Å². The summed E-state index contributed by atoms with van der Waals surface area (Å²) in [6.45, 7) is 0.105. The van der Waals surface area contributed by atoms with Crippen LogP contribution in [0.15, 0.2) is 24.3 Å². The Bertz CT molecular complexity index is 536. The average molecular weight is 282 g/mol. The first-order chi connectivity index (χ1) is 8.97. The van der Waals surface area contributed by atoms with E-state index in [1.54, 1.807) is 0 Å². The lowest BCUT2D eigenvalue weighted by atomic mass is 9.68. The van der Waals surface area contributed by atoms with Crippen LogP contribution in [-0.2, 0) is 21.7 Å². The number of aliphatic hydroxyl groups is 1. The lowest BCUT2D eigenvalue weighted by Gasteiger charge is -2.38. The number of hydrogen-bond acceptors (Lipinski definition) is 3. The number of aliphatic hydroxyl groups excluding tert-OH is 1. The fourth-order valence-corrected chi connectivity index (χ4v) is 3.85. The van der Waals surface area contributed by atoms with E-state index in [4.69, 9.17) is 0 Å². The molecule has 2 rings (SSSR count). The van der Waals surface area contributed by atoms with Crippen molar-refractivity contribution in [3.63, 3.8) is 0 Å². The lowest BCUT2D eigenvalue weighted by Crippen LogP contribution is -2.35. The van der Waals surface area contributed by atoms with Crippen LogP contribution in [0.2, 0.25) is 0 Å². The summed E-state index contributed by atoms with van der Waals surface area (Å²) in [5.41, 5.74) is 2.29. The normalized spacial score (nSPS) is 23.1.